The molecule has 25 heavy (non-hydrogen) atoms. The van der Waals surface area contributed by atoms with Crippen LogP contribution in [0.1, 0.15) is 46.5 Å². The van der Waals surface area contributed by atoms with Crippen molar-refractivity contribution in [3.05, 3.63) is 12.3 Å². The third-order valence-electron chi connectivity index (χ3n) is 5.58. The normalized spacial score (nSPS) is 29.0. The van der Waals surface area contributed by atoms with Crippen LogP contribution in [0.3, 0.4) is 0 Å². The van der Waals surface area contributed by atoms with Crippen molar-refractivity contribution in [1.29, 1.82) is 0 Å². The topological polar surface area (TPSA) is 70.5 Å². The molecule has 0 spiro atoms. The predicted octanol–water partition coefficient (Wildman–Crippen LogP) is 1.29. The summed E-state index contributed by atoms with van der Waals surface area (Å²) in [6, 6.07) is 1.97. The molecule has 1 aromatic rings. The molecule has 2 aliphatic heterocycles. The Balaban J connectivity index is 1.65. The van der Waals surface area contributed by atoms with Crippen molar-refractivity contribution < 1.29 is 9.59 Å². The molecule has 0 bridgehead atoms. The molecule has 2 aliphatic rings. The van der Waals surface area contributed by atoms with Crippen molar-refractivity contribution >= 4 is 17.6 Å². The number of hydrogen-bond donors (Lipinski definition) is 1. The molecular formula is C18H29N5O2. The zero-order chi connectivity index (χ0) is 18.1. The van der Waals surface area contributed by atoms with Gasteiger partial charge in [-0.05, 0) is 46.5 Å². The van der Waals surface area contributed by atoms with E-state index in [4.69, 9.17) is 0 Å². The summed E-state index contributed by atoms with van der Waals surface area (Å²) in [5, 5.41) is 7.30. The highest BCUT2D eigenvalue weighted by molar-refractivity contribution is 5.99. The fraction of sp³-hybridized carbons (Fsp3) is 0.722. The molecule has 4 atom stereocenters. The van der Waals surface area contributed by atoms with Crippen LogP contribution >= 0.6 is 0 Å². The van der Waals surface area contributed by atoms with Gasteiger partial charge in [0.05, 0.1) is 6.04 Å². The maximum atomic E-state index is 12.8. The molecule has 2 amide bonds. The Bertz CT molecular complexity index is 633. The lowest BCUT2D eigenvalue weighted by Crippen LogP contribution is -2.57. The minimum atomic E-state index is -0.459. The Morgan fingerprint density at radius 2 is 1.96 bits per heavy atom. The molecule has 0 aliphatic carbocycles. The summed E-state index contributed by atoms with van der Waals surface area (Å²) in [5.74, 6) is 0.538. The fourth-order valence-electron chi connectivity index (χ4n) is 4.19. The highest BCUT2D eigenvalue weighted by Gasteiger charge is 2.37. The monoisotopic (exact) mass is 347 g/mol. The van der Waals surface area contributed by atoms with Crippen molar-refractivity contribution in [3.8, 4) is 0 Å². The number of amides is 2. The van der Waals surface area contributed by atoms with Gasteiger partial charge in [0, 0.05) is 37.9 Å². The lowest BCUT2D eigenvalue weighted by atomic mass is 10.0. The van der Waals surface area contributed by atoms with E-state index in [1.807, 2.05) is 26.2 Å². The molecular weight excluding hydrogens is 318 g/mol. The summed E-state index contributed by atoms with van der Waals surface area (Å²) < 4.78 is 1.68. The number of anilines is 1. The number of hydrogen-bond acceptors (Lipinski definition) is 4. The summed E-state index contributed by atoms with van der Waals surface area (Å²) in [4.78, 5) is 29.5. The second-order valence-electron chi connectivity index (χ2n) is 7.44. The van der Waals surface area contributed by atoms with E-state index < -0.39 is 6.04 Å². The van der Waals surface area contributed by atoms with Gasteiger partial charge in [0.2, 0.25) is 5.91 Å². The van der Waals surface area contributed by atoms with Gasteiger partial charge in [-0.2, -0.15) is 5.10 Å². The molecule has 138 valence electrons. The van der Waals surface area contributed by atoms with Gasteiger partial charge in [0.1, 0.15) is 6.04 Å². The van der Waals surface area contributed by atoms with Crippen LogP contribution in [0.4, 0.5) is 5.82 Å². The van der Waals surface area contributed by atoms with Crippen LogP contribution in [0, 0.1) is 0 Å². The minimum absolute atomic E-state index is 0.0539. The third-order valence-corrected chi connectivity index (χ3v) is 5.58. The average Bonchev–Trinajstić information content (AvgIpc) is 3.14. The van der Waals surface area contributed by atoms with Crippen LogP contribution < -0.4 is 10.2 Å². The van der Waals surface area contributed by atoms with Gasteiger partial charge in [-0.15, -0.1) is 0 Å². The number of likely N-dealkylation sites (tertiary alicyclic amines) is 1. The summed E-state index contributed by atoms with van der Waals surface area (Å²) in [5.41, 5.74) is 0. The second kappa shape index (κ2) is 7.15. The van der Waals surface area contributed by atoms with Gasteiger partial charge in [0.15, 0.2) is 5.82 Å². The number of aryl methyl sites for hydroxylation is 1. The Morgan fingerprint density at radius 1 is 1.28 bits per heavy atom. The van der Waals surface area contributed by atoms with E-state index in [-0.39, 0.29) is 17.9 Å². The first-order valence-electron chi connectivity index (χ1n) is 9.27. The average molecular weight is 347 g/mol. The molecule has 0 saturated carbocycles. The van der Waals surface area contributed by atoms with Gasteiger partial charge < -0.3 is 5.32 Å². The Hall–Kier alpha value is -1.89. The second-order valence-corrected chi connectivity index (χ2v) is 7.44. The lowest BCUT2D eigenvalue weighted by Gasteiger charge is -2.35. The van der Waals surface area contributed by atoms with E-state index >= 15 is 0 Å². The van der Waals surface area contributed by atoms with Crippen LogP contribution in [0.25, 0.3) is 0 Å². The summed E-state index contributed by atoms with van der Waals surface area (Å²) >= 11 is 0. The molecule has 2 saturated heterocycles. The summed E-state index contributed by atoms with van der Waals surface area (Å²) in [7, 11) is 1.83. The SMILES string of the molecule is CC1CCC(C)N1C(C)C(=O)NC1CCCN(c2ccn(C)n2)C1=O. The molecule has 7 nitrogen and oxygen atoms in total. The van der Waals surface area contributed by atoms with Gasteiger partial charge in [0.25, 0.3) is 5.91 Å². The Kier molecular flexibility index (Phi) is 5.13. The van der Waals surface area contributed by atoms with Crippen LogP contribution in [0.15, 0.2) is 12.3 Å². The summed E-state index contributed by atoms with van der Waals surface area (Å²) in [6.45, 7) is 6.93. The first kappa shape index (κ1) is 17.9. The Morgan fingerprint density at radius 3 is 2.56 bits per heavy atom. The van der Waals surface area contributed by atoms with Crippen LogP contribution in [-0.2, 0) is 16.6 Å². The van der Waals surface area contributed by atoms with Gasteiger partial charge in [-0.1, -0.05) is 0 Å². The molecule has 0 radical (unpaired) electrons. The molecule has 2 fully saturated rings. The number of rotatable bonds is 4. The maximum absolute atomic E-state index is 12.8. The van der Waals surface area contributed by atoms with Crippen molar-refractivity contribution in [1.82, 2.24) is 20.0 Å². The first-order chi connectivity index (χ1) is 11.9. The first-order valence-corrected chi connectivity index (χ1v) is 9.27. The standard InChI is InChI=1S/C18H29N5O2/c1-12-7-8-13(2)23(12)14(3)17(24)19-15-6-5-10-22(18(15)25)16-9-11-21(4)20-16/h9,11-15H,5-8,10H2,1-4H3,(H,19,24). The van der Waals surface area contributed by atoms with E-state index in [9.17, 15) is 9.59 Å². The lowest BCUT2D eigenvalue weighted by molar-refractivity contribution is -0.132. The van der Waals surface area contributed by atoms with Gasteiger partial charge >= 0.3 is 0 Å². The number of piperidine rings is 1. The number of aromatic nitrogens is 2. The highest BCUT2D eigenvalue weighted by atomic mass is 16.2. The molecule has 4 unspecified atom stereocenters. The number of nitrogens with one attached hydrogen (secondary N) is 1. The largest absolute Gasteiger partial charge is 0.343 e. The van der Waals surface area contributed by atoms with E-state index in [0.29, 0.717) is 30.9 Å². The van der Waals surface area contributed by atoms with Crippen molar-refractivity contribution in [3.63, 3.8) is 0 Å². The third kappa shape index (κ3) is 3.56. The number of carbonyl (C=O) groups is 2. The minimum Gasteiger partial charge on any atom is -0.343 e. The highest BCUT2D eigenvalue weighted by Crippen LogP contribution is 2.26. The Labute approximate surface area is 149 Å². The number of nitrogens with zero attached hydrogens (tertiary/aromatic N) is 4. The zero-order valence-electron chi connectivity index (χ0n) is 15.6. The summed E-state index contributed by atoms with van der Waals surface area (Å²) in [6.07, 6.45) is 5.61. The van der Waals surface area contributed by atoms with Crippen LogP contribution in [0.5, 0.6) is 0 Å². The van der Waals surface area contributed by atoms with E-state index in [1.54, 1.807) is 9.58 Å². The fourth-order valence-corrected chi connectivity index (χ4v) is 4.19. The van der Waals surface area contributed by atoms with E-state index in [1.165, 1.54) is 0 Å². The predicted molar refractivity (Wildman–Crippen MR) is 96.2 cm³/mol. The van der Waals surface area contributed by atoms with E-state index in [2.05, 4.69) is 29.2 Å². The molecule has 1 aromatic heterocycles. The van der Waals surface area contributed by atoms with Crippen molar-refractivity contribution in [2.75, 3.05) is 11.4 Å². The van der Waals surface area contributed by atoms with Gasteiger partial charge in [-0.3, -0.25) is 24.1 Å². The molecule has 7 heteroatoms. The van der Waals surface area contributed by atoms with Crippen LogP contribution in [-0.4, -0.2) is 57.2 Å². The van der Waals surface area contributed by atoms with Gasteiger partial charge in [-0.25, -0.2) is 0 Å². The smallest absolute Gasteiger partial charge is 0.250 e. The zero-order valence-corrected chi connectivity index (χ0v) is 15.6. The van der Waals surface area contributed by atoms with Crippen molar-refractivity contribution in [2.24, 2.45) is 7.05 Å². The quantitative estimate of drug-likeness (QED) is 0.891. The maximum Gasteiger partial charge on any atom is 0.250 e. The molecule has 3 heterocycles. The molecule has 0 aromatic carbocycles. The number of carbonyl (C=O) groups excluding carboxylic acids is 2. The molecule has 1 N–H and O–H groups in total. The molecule has 3 rings (SSSR count). The van der Waals surface area contributed by atoms with E-state index in [0.717, 1.165) is 19.3 Å². The van der Waals surface area contributed by atoms with Crippen LogP contribution in [0.2, 0.25) is 0 Å². The van der Waals surface area contributed by atoms with Crippen molar-refractivity contribution in [2.45, 2.75) is 70.6 Å².